The summed E-state index contributed by atoms with van der Waals surface area (Å²) in [5.74, 6) is -0.463. The summed E-state index contributed by atoms with van der Waals surface area (Å²) >= 11 is 0. The lowest BCUT2D eigenvalue weighted by Gasteiger charge is -2.06. The van der Waals surface area contributed by atoms with Gasteiger partial charge in [0.1, 0.15) is 11.5 Å². The van der Waals surface area contributed by atoms with E-state index in [9.17, 15) is 12.8 Å². The highest BCUT2D eigenvalue weighted by atomic mass is 32.2. The maximum Gasteiger partial charge on any atom is 0.240 e. The molecule has 3 aromatic rings. The standard InChI is InChI=1S/C18H20FN3O2S/c1-2-12-22-13-14(17-4-3-10-20-18(17)22)9-11-21-25(23,24)16-7-5-15(19)6-8-16/h3-8,10,13,21H,2,9,11-12H2,1H3. The SMILES string of the molecule is CCCn1cc(CCNS(=O)(=O)c2ccc(F)cc2)c2cccnc21. The summed E-state index contributed by atoms with van der Waals surface area (Å²) in [7, 11) is -3.64. The topological polar surface area (TPSA) is 64.0 Å². The van der Waals surface area contributed by atoms with Gasteiger partial charge in [-0.1, -0.05) is 6.92 Å². The quantitative estimate of drug-likeness (QED) is 0.703. The van der Waals surface area contributed by atoms with Gasteiger partial charge in [0, 0.05) is 30.9 Å². The summed E-state index contributed by atoms with van der Waals surface area (Å²) in [6.45, 7) is 3.24. The monoisotopic (exact) mass is 361 g/mol. The van der Waals surface area contributed by atoms with Crippen molar-refractivity contribution in [2.45, 2.75) is 31.2 Å². The van der Waals surface area contributed by atoms with Gasteiger partial charge in [-0.3, -0.25) is 0 Å². The highest BCUT2D eigenvalue weighted by molar-refractivity contribution is 7.89. The van der Waals surface area contributed by atoms with E-state index in [0.29, 0.717) is 6.42 Å². The van der Waals surface area contributed by atoms with E-state index in [1.54, 1.807) is 6.20 Å². The van der Waals surface area contributed by atoms with Crippen LogP contribution in [0.1, 0.15) is 18.9 Å². The van der Waals surface area contributed by atoms with Crippen LogP contribution in [0.2, 0.25) is 0 Å². The van der Waals surface area contributed by atoms with E-state index in [-0.39, 0.29) is 11.4 Å². The zero-order chi connectivity index (χ0) is 17.9. The van der Waals surface area contributed by atoms with Crippen LogP contribution in [-0.2, 0) is 23.0 Å². The molecule has 0 saturated heterocycles. The molecule has 0 aliphatic heterocycles. The number of hydrogen-bond acceptors (Lipinski definition) is 3. The summed E-state index contributed by atoms with van der Waals surface area (Å²) in [6, 6.07) is 8.67. The smallest absolute Gasteiger partial charge is 0.240 e. The Morgan fingerprint density at radius 2 is 1.96 bits per heavy atom. The molecule has 0 atom stereocenters. The van der Waals surface area contributed by atoms with Gasteiger partial charge in [-0.05, 0) is 54.8 Å². The van der Waals surface area contributed by atoms with Crippen LogP contribution >= 0.6 is 0 Å². The van der Waals surface area contributed by atoms with Crippen molar-refractivity contribution < 1.29 is 12.8 Å². The van der Waals surface area contributed by atoms with Gasteiger partial charge < -0.3 is 4.57 Å². The first-order chi connectivity index (χ1) is 12.0. The van der Waals surface area contributed by atoms with Crippen LogP contribution in [0.5, 0.6) is 0 Å². The van der Waals surface area contributed by atoms with Crippen molar-refractivity contribution in [2.75, 3.05) is 6.54 Å². The number of nitrogens with one attached hydrogen (secondary N) is 1. The Labute approximate surface area is 146 Å². The average Bonchev–Trinajstić information content (AvgIpc) is 2.94. The lowest BCUT2D eigenvalue weighted by Crippen LogP contribution is -2.26. The van der Waals surface area contributed by atoms with Crippen LogP contribution in [0.3, 0.4) is 0 Å². The number of aryl methyl sites for hydroxylation is 1. The van der Waals surface area contributed by atoms with Crippen molar-refractivity contribution in [3.8, 4) is 0 Å². The molecule has 3 rings (SSSR count). The minimum atomic E-state index is -3.64. The molecule has 132 valence electrons. The first kappa shape index (κ1) is 17.6. The molecular formula is C18H20FN3O2S. The molecule has 5 nitrogen and oxygen atoms in total. The van der Waals surface area contributed by atoms with E-state index in [1.165, 1.54) is 12.1 Å². The van der Waals surface area contributed by atoms with Crippen LogP contribution in [0.4, 0.5) is 4.39 Å². The van der Waals surface area contributed by atoms with Gasteiger partial charge >= 0.3 is 0 Å². The fourth-order valence-corrected chi connectivity index (χ4v) is 3.85. The molecule has 2 aromatic heterocycles. The van der Waals surface area contributed by atoms with Crippen molar-refractivity contribution >= 4 is 21.1 Å². The summed E-state index contributed by atoms with van der Waals surface area (Å²) in [6.07, 6.45) is 5.35. The minimum Gasteiger partial charge on any atom is -0.332 e. The van der Waals surface area contributed by atoms with Crippen molar-refractivity contribution in [1.29, 1.82) is 0 Å². The zero-order valence-electron chi connectivity index (χ0n) is 13.9. The van der Waals surface area contributed by atoms with Crippen LogP contribution in [0.25, 0.3) is 11.0 Å². The number of aromatic nitrogens is 2. The summed E-state index contributed by atoms with van der Waals surface area (Å²) < 4.78 is 42.1. The Hall–Kier alpha value is -2.25. The highest BCUT2D eigenvalue weighted by Crippen LogP contribution is 2.20. The molecule has 7 heteroatoms. The van der Waals surface area contributed by atoms with Crippen LogP contribution in [0, 0.1) is 5.82 Å². The van der Waals surface area contributed by atoms with Gasteiger partial charge in [0.05, 0.1) is 4.90 Å². The van der Waals surface area contributed by atoms with E-state index in [1.807, 2.05) is 18.3 Å². The van der Waals surface area contributed by atoms with Crippen molar-refractivity contribution in [3.05, 3.63) is 60.2 Å². The van der Waals surface area contributed by atoms with E-state index >= 15 is 0 Å². The number of sulfonamides is 1. The molecule has 0 aliphatic rings. The third kappa shape index (κ3) is 3.88. The molecule has 1 N–H and O–H groups in total. The molecule has 0 fully saturated rings. The lowest BCUT2D eigenvalue weighted by atomic mass is 10.2. The number of halogens is 1. The third-order valence-electron chi connectivity index (χ3n) is 3.99. The van der Waals surface area contributed by atoms with Crippen LogP contribution in [-0.4, -0.2) is 24.5 Å². The lowest BCUT2D eigenvalue weighted by molar-refractivity contribution is 0.580. The Kier molecular flexibility index (Phi) is 5.15. The summed E-state index contributed by atoms with van der Waals surface area (Å²) in [5.41, 5.74) is 1.97. The van der Waals surface area contributed by atoms with Gasteiger partial charge in [-0.15, -0.1) is 0 Å². The minimum absolute atomic E-state index is 0.0592. The predicted octanol–water partition coefficient (Wildman–Crippen LogP) is 3.11. The maximum absolute atomic E-state index is 12.9. The Balaban J connectivity index is 1.74. The maximum atomic E-state index is 12.9. The second-order valence-electron chi connectivity index (χ2n) is 5.82. The van der Waals surface area contributed by atoms with Crippen molar-refractivity contribution in [2.24, 2.45) is 0 Å². The molecule has 0 saturated carbocycles. The molecule has 2 heterocycles. The molecule has 1 aromatic carbocycles. The molecular weight excluding hydrogens is 341 g/mol. The van der Waals surface area contributed by atoms with E-state index in [2.05, 4.69) is 21.2 Å². The van der Waals surface area contributed by atoms with Gasteiger partial charge in [0.25, 0.3) is 0 Å². The second-order valence-corrected chi connectivity index (χ2v) is 7.59. The zero-order valence-corrected chi connectivity index (χ0v) is 14.8. The number of nitrogens with zero attached hydrogens (tertiary/aromatic N) is 2. The molecule has 0 radical (unpaired) electrons. The Bertz CT molecular complexity index is 966. The first-order valence-electron chi connectivity index (χ1n) is 8.19. The Morgan fingerprint density at radius 3 is 2.68 bits per heavy atom. The van der Waals surface area contributed by atoms with Gasteiger partial charge in [0.15, 0.2) is 0 Å². The van der Waals surface area contributed by atoms with Crippen molar-refractivity contribution in [3.63, 3.8) is 0 Å². The van der Waals surface area contributed by atoms with E-state index in [4.69, 9.17) is 0 Å². The molecule has 0 unspecified atom stereocenters. The van der Waals surface area contributed by atoms with Crippen LogP contribution in [0.15, 0.2) is 53.7 Å². The van der Waals surface area contributed by atoms with Crippen molar-refractivity contribution in [1.82, 2.24) is 14.3 Å². The summed E-state index contributed by atoms with van der Waals surface area (Å²) in [4.78, 5) is 4.48. The highest BCUT2D eigenvalue weighted by Gasteiger charge is 2.14. The molecule has 25 heavy (non-hydrogen) atoms. The average molecular weight is 361 g/mol. The normalized spacial score (nSPS) is 11.9. The number of hydrogen-bond donors (Lipinski definition) is 1. The van der Waals surface area contributed by atoms with Crippen LogP contribution < -0.4 is 4.72 Å². The predicted molar refractivity (Wildman–Crippen MR) is 95.3 cm³/mol. The number of fused-ring (bicyclic) bond motifs is 1. The Morgan fingerprint density at radius 1 is 1.20 bits per heavy atom. The molecule has 0 spiro atoms. The molecule has 0 aliphatic carbocycles. The summed E-state index contributed by atoms with van der Waals surface area (Å²) in [5, 5.41) is 1.04. The second kappa shape index (κ2) is 7.33. The van der Waals surface area contributed by atoms with Gasteiger partial charge in [-0.2, -0.15) is 0 Å². The first-order valence-corrected chi connectivity index (χ1v) is 9.67. The number of rotatable bonds is 7. The third-order valence-corrected chi connectivity index (χ3v) is 5.47. The van der Waals surface area contributed by atoms with E-state index in [0.717, 1.165) is 41.7 Å². The fraction of sp³-hybridized carbons (Fsp3) is 0.278. The number of benzene rings is 1. The fourth-order valence-electron chi connectivity index (χ4n) is 2.82. The number of pyridine rings is 1. The largest absolute Gasteiger partial charge is 0.332 e. The molecule has 0 amide bonds. The molecule has 0 bridgehead atoms. The van der Waals surface area contributed by atoms with Gasteiger partial charge in [0.2, 0.25) is 10.0 Å². The van der Waals surface area contributed by atoms with E-state index < -0.39 is 15.8 Å². The van der Waals surface area contributed by atoms with Gasteiger partial charge in [-0.25, -0.2) is 22.5 Å².